The molecule has 0 spiro atoms. The maximum atomic E-state index is 12.0. The van der Waals surface area contributed by atoms with Crippen LogP contribution in [-0.2, 0) is 15.8 Å². The average molecular weight is 272 g/mol. The first-order chi connectivity index (χ1) is 8.24. The molecule has 1 aromatic carbocycles. The number of benzene rings is 1. The second-order valence-corrected chi connectivity index (χ2v) is 6.69. The number of nitrogens with two attached hydrogens (primary N) is 1. The summed E-state index contributed by atoms with van der Waals surface area (Å²) in [6.45, 7) is 3.41. The molecule has 0 aromatic heterocycles. The lowest BCUT2D eigenvalue weighted by atomic mass is 10.0. The number of sulfonamides is 1. The molecule has 0 aliphatic heterocycles. The number of nitrogens with one attached hydrogen (secondary N) is 1. The third-order valence-corrected chi connectivity index (χ3v) is 4.05. The van der Waals surface area contributed by atoms with Crippen LogP contribution in [0.4, 0.5) is 5.69 Å². The number of hydrogen-bond donors (Lipinski definition) is 3. The topological polar surface area (TPSA) is 92.4 Å². The Kier molecular flexibility index (Phi) is 4.72. The van der Waals surface area contributed by atoms with E-state index in [0.717, 1.165) is 0 Å². The Morgan fingerprint density at radius 2 is 2.06 bits per heavy atom. The second-order valence-electron chi connectivity index (χ2n) is 4.96. The molecule has 18 heavy (non-hydrogen) atoms. The van der Waals surface area contributed by atoms with Gasteiger partial charge in [-0.15, -0.1) is 0 Å². The van der Waals surface area contributed by atoms with Crippen molar-refractivity contribution in [1.82, 2.24) is 4.72 Å². The summed E-state index contributed by atoms with van der Waals surface area (Å²) in [4.78, 5) is 0. The quantitative estimate of drug-likeness (QED) is 0.669. The smallest absolute Gasteiger partial charge is 0.216 e. The van der Waals surface area contributed by atoms with Gasteiger partial charge in [-0.3, -0.25) is 0 Å². The molecule has 0 fully saturated rings. The Bertz CT molecular complexity index is 498. The van der Waals surface area contributed by atoms with Crippen LogP contribution in [0.1, 0.15) is 25.8 Å². The van der Waals surface area contributed by atoms with Crippen LogP contribution in [0.25, 0.3) is 0 Å². The summed E-state index contributed by atoms with van der Waals surface area (Å²) >= 11 is 0. The summed E-state index contributed by atoms with van der Waals surface area (Å²) in [5, 5.41) is 8.87. The molecule has 0 unspecified atom stereocenters. The first-order valence-corrected chi connectivity index (χ1v) is 7.36. The van der Waals surface area contributed by atoms with E-state index in [1.165, 1.54) is 0 Å². The Morgan fingerprint density at radius 1 is 1.39 bits per heavy atom. The van der Waals surface area contributed by atoms with Crippen LogP contribution in [0.2, 0.25) is 0 Å². The van der Waals surface area contributed by atoms with Crippen molar-refractivity contribution in [3.05, 3.63) is 29.8 Å². The fourth-order valence-corrected chi connectivity index (χ4v) is 3.32. The number of nitrogen functional groups attached to an aromatic ring is 1. The van der Waals surface area contributed by atoms with E-state index in [1.54, 1.807) is 38.1 Å². The van der Waals surface area contributed by atoms with Crippen molar-refractivity contribution in [3.63, 3.8) is 0 Å². The molecule has 102 valence electrons. The molecular weight excluding hydrogens is 252 g/mol. The Hall–Kier alpha value is -1.11. The summed E-state index contributed by atoms with van der Waals surface area (Å²) in [5.74, 6) is -0.118. The van der Waals surface area contributed by atoms with Gasteiger partial charge in [0.05, 0.1) is 5.75 Å². The van der Waals surface area contributed by atoms with Crippen LogP contribution >= 0.6 is 0 Å². The zero-order valence-corrected chi connectivity index (χ0v) is 11.5. The molecule has 5 nitrogen and oxygen atoms in total. The van der Waals surface area contributed by atoms with E-state index in [-0.39, 0.29) is 12.4 Å². The van der Waals surface area contributed by atoms with E-state index >= 15 is 0 Å². The van der Waals surface area contributed by atoms with Crippen molar-refractivity contribution in [2.24, 2.45) is 0 Å². The molecule has 4 N–H and O–H groups in total. The van der Waals surface area contributed by atoms with Gasteiger partial charge in [0.1, 0.15) is 0 Å². The van der Waals surface area contributed by atoms with Crippen molar-refractivity contribution in [1.29, 1.82) is 0 Å². The van der Waals surface area contributed by atoms with E-state index in [1.807, 2.05) is 0 Å². The van der Waals surface area contributed by atoms with E-state index in [9.17, 15) is 8.42 Å². The fraction of sp³-hybridized carbons (Fsp3) is 0.500. The molecule has 0 aliphatic rings. The van der Waals surface area contributed by atoms with E-state index in [0.29, 0.717) is 17.7 Å². The Balaban J connectivity index is 2.77. The molecule has 6 heteroatoms. The predicted octanol–water partition coefficient (Wildman–Crippen LogP) is 0.849. The van der Waals surface area contributed by atoms with Gasteiger partial charge in [-0.1, -0.05) is 12.1 Å². The van der Waals surface area contributed by atoms with Gasteiger partial charge in [-0.2, -0.15) is 0 Å². The minimum atomic E-state index is -3.45. The molecule has 0 radical (unpaired) electrons. The second kappa shape index (κ2) is 5.69. The van der Waals surface area contributed by atoms with Gasteiger partial charge in [-0.25, -0.2) is 13.1 Å². The minimum Gasteiger partial charge on any atom is -0.399 e. The summed E-state index contributed by atoms with van der Waals surface area (Å²) in [5.41, 5.74) is 6.13. The van der Waals surface area contributed by atoms with Gasteiger partial charge in [0.15, 0.2) is 0 Å². The van der Waals surface area contributed by atoms with Crippen LogP contribution in [0, 0.1) is 0 Å². The van der Waals surface area contributed by atoms with Gasteiger partial charge in [0.25, 0.3) is 0 Å². The first kappa shape index (κ1) is 14.9. The zero-order valence-electron chi connectivity index (χ0n) is 10.7. The van der Waals surface area contributed by atoms with E-state index in [4.69, 9.17) is 10.8 Å². The van der Waals surface area contributed by atoms with Crippen molar-refractivity contribution >= 4 is 15.7 Å². The standard InChI is InChI=1S/C12H20N2O3S/c1-12(2,6-7-15)14-18(16,17)9-10-4-3-5-11(13)8-10/h3-5,8,14-15H,6-7,9,13H2,1-2H3. The van der Waals surface area contributed by atoms with Crippen molar-refractivity contribution in [2.75, 3.05) is 12.3 Å². The predicted molar refractivity (Wildman–Crippen MR) is 72.4 cm³/mol. The highest BCUT2D eigenvalue weighted by Crippen LogP contribution is 2.14. The summed E-state index contributed by atoms with van der Waals surface area (Å²) in [6.07, 6.45) is 0.364. The lowest BCUT2D eigenvalue weighted by Gasteiger charge is -2.25. The van der Waals surface area contributed by atoms with Gasteiger partial charge in [0, 0.05) is 17.8 Å². The summed E-state index contributed by atoms with van der Waals surface area (Å²) < 4.78 is 26.5. The molecule has 0 saturated carbocycles. The van der Waals surface area contributed by atoms with Crippen molar-refractivity contribution < 1.29 is 13.5 Å². The zero-order chi connectivity index (χ0) is 13.8. The molecule has 0 bridgehead atoms. The van der Waals surface area contributed by atoms with Crippen LogP contribution in [-0.4, -0.2) is 25.7 Å². The molecule has 0 heterocycles. The molecular formula is C12H20N2O3S. The molecule has 0 amide bonds. The Morgan fingerprint density at radius 3 is 2.61 bits per heavy atom. The van der Waals surface area contributed by atoms with Crippen LogP contribution in [0.15, 0.2) is 24.3 Å². The van der Waals surface area contributed by atoms with Gasteiger partial charge in [-0.05, 0) is 38.0 Å². The molecule has 0 aliphatic carbocycles. The maximum Gasteiger partial charge on any atom is 0.216 e. The molecule has 0 atom stereocenters. The number of aliphatic hydroxyl groups is 1. The van der Waals surface area contributed by atoms with Gasteiger partial charge < -0.3 is 10.8 Å². The number of anilines is 1. The number of rotatable bonds is 6. The van der Waals surface area contributed by atoms with Crippen LogP contribution < -0.4 is 10.5 Å². The third kappa shape index (κ3) is 5.03. The van der Waals surface area contributed by atoms with Crippen molar-refractivity contribution in [3.8, 4) is 0 Å². The SMILES string of the molecule is CC(C)(CCO)NS(=O)(=O)Cc1cccc(N)c1. The summed E-state index contributed by atoms with van der Waals surface area (Å²) in [7, 11) is -3.45. The molecule has 0 saturated heterocycles. The lowest BCUT2D eigenvalue weighted by molar-refractivity contribution is 0.245. The maximum absolute atomic E-state index is 12.0. The van der Waals surface area contributed by atoms with Crippen LogP contribution in [0.3, 0.4) is 0 Å². The van der Waals surface area contributed by atoms with Crippen molar-refractivity contribution in [2.45, 2.75) is 31.6 Å². The van der Waals surface area contributed by atoms with E-state index in [2.05, 4.69) is 4.72 Å². The van der Waals surface area contributed by atoms with E-state index < -0.39 is 15.6 Å². The summed E-state index contributed by atoms with van der Waals surface area (Å²) in [6, 6.07) is 6.78. The fourth-order valence-electron chi connectivity index (χ4n) is 1.69. The molecule has 1 aromatic rings. The normalized spacial score (nSPS) is 12.6. The average Bonchev–Trinajstić information content (AvgIpc) is 2.13. The largest absolute Gasteiger partial charge is 0.399 e. The number of aliphatic hydroxyl groups excluding tert-OH is 1. The first-order valence-electron chi connectivity index (χ1n) is 5.71. The monoisotopic (exact) mass is 272 g/mol. The lowest BCUT2D eigenvalue weighted by Crippen LogP contribution is -2.44. The molecule has 1 rings (SSSR count). The third-order valence-electron chi connectivity index (χ3n) is 2.48. The Labute approximate surface area is 108 Å². The van der Waals surface area contributed by atoms with Gasteiger partial charge >= 0.3 is 0 Å². The van der Waals surface area contributed by atoms with Crippen LogP contribution in [0.5, 0.6) is 0 Å². The highest BCUT2D eigenvalue weighted by molar-refractivity contribution is 7.88. The highest BCUT2D eigenvalue weighted by atomic mass is 32.2. The van der Waals surface area contributed by atoms with Gasteiger partial charge in [0.2, 0.25) is 10.0 Å². The number of hydrogen-bond acceptors (Lipinski definition) is 4. The highest BCUT2D eigenvalue weighted by Gasteiger charge is 2.24. The minimum absolute atomic E-state index is 0.0617.